The van der Waals surface area contributed by atoms with Crippen molar-refractivity contribution in [2.75, 3.05) is 38.2 Å². The molecule has 0 aromatic heterocycles. The molecule has 4 rings (SSSR count). The molecule has 1 heterocycles. The van der Waals surface area contributed by atoms with E-state index < -0.39 is 10.0 Å². The molecule has 3 aromatic carbocycles. The van der Waals surface area contributed by atoms with Crippen LogP contribution in [0.2, 0.25) is 5.02 Å². The number of hydrogen-bond acceptors (Lipinski definition) is 4. The van der Waals surface area contributed by atoms with Crippen LogP contribution >= 0.6 is 11.6 Å². The summed E-state index contributed by atoms with van der Waals surface area (Å²) in [5, 5.41) is 0.624. The van der Waals surface area contributed by atoms with E-state index in [2.05, 4.69) is 4.90 Å². The third-order valence-electron chi connectivity index (χ3n) is 5.32. The first-order valence-electron chi connectivity index (χ1n) is 9.73. The molecule has 1 aliphatic heterocycles. The van der Waals surface area contributed by atoms with Crippen LogP contribution in [0.5, 0.6) is 5.75 Å². The fraction of sp³-hybridized carbons (Fsp3) is 0.217. The highest BCUT2D eigenvalue weighted by Crippen LogP contribution is 2.32. The maximum Gasteiger partial charge on any atom is 0.243 e. The number of anilines is 1. The minimum absolute atomic E-state index is 0.316. The molecule has 0 bridgehead atoms. The molecule has 0 saturated carbocycles. The van der Waals surface area contributed by atoms with Crippen molar-refractivity contribution in [1.29, 1.82) is 0 Å². The van der Waals surface area contributed by atoms with E-state index in [1.165, 1.54) is 4.31 Å². The van der Waals surface area contributed by atoms with Crippen molar-refractivity contribution >= 4 is 27.3 Å². The summed E-state index contributed by atoms with van der Waals surface area (Å²) < 4.78 is 33.2. The average molecular weight is 443 g/mol. The second kappa shape index (κ2) is 8.68. The van der Waals surface area contributed by atoms with Gasteiger partial charge in [-0.05, 0) is 41.5 Å². The van der Waals surface area contributed by atoms with Crippen molar-refractivity contribution < 1.29 is 13.2 Å². The minimum atomic E-state index is -3.54. The topological polar surface area (TPSA) is 49.9 Å². The molecule has 0 radical (unpaired) electrons. The van der Waals surface area contributed by atoms with Crippen LogP contribution in [-0.4, -0.2) is 46.0 Å². The molecule has 156 valence electrons. The molecule has 5 nitrogen and oxygen atoms in total. The van der Waals surface area contributed by atoms with Crippen molar-refractivity contribution in [3.63, 3.8) is 0 Å². The van der Waals surface area contributed by atoms with Gasteiger partial charge in [-0.25, -0.2) is 8.42 Å². The van der Waals surface area contributed by atoms with Crippen LogP contribution in [0.25, 0.3) is 11.1 Å². The second-order valence-corrected chi connectivity index (χ2v) is 9.47. The van der Waals surface area contributed by atoms with Crippen LogP contribution in [0, 0.1) is 0 Å². The number of ether oxygens (including phenoxy) is 1. The molecule has 7 heteroatoms. The smallest absolute Gasteiger partial charge is 0.243 e. The summed E-state index contributed by atoms with van der Waals surface area (Å²) in [6, 6.07) is 22.5. The van der Waals surface area contributed by atoms with Crippen molar-refractivity contribution in [3.05, 3.63) is 77.8 Å². The number of sulfonamides is 1. The SMILES string of the molecule is COc1ccc(Cl)cc1N1CCN(S(=O)(=O)c2ccc(-c3ccccc3)cc2)CC1. The van der Waals surface area contributed by atoms with E-state index in [9.17, 15) is 8.42 Å². The van der Waals surface area contributed by atoms with Crippen LogP contribution in [0.15, 0.2) is 77.7 Å². The van der Waals surface area contributed by atoms with E-state index in [-0.39, 0.29) is 0 Å². The number of benzene rings is 3. The van der Waals surface area contributed by atoms with Crippen molar-refractivity contribution in [1.82, 2.24) is 4.31 Å². The number of rotatable bonds is 5. The van der Waals surface area contributed by atoms with Crippen LogP contribution in [-0.2, 0) is 10.0 Å². The second-order valence-electron chi connectivity index (χ2n) is 7.10. The van der Waals surface area contributed by atoms with Crippen molar-refractivity contribution in [2.24, 2.45) is 0 Å². The van der Waals surface area contributed by atoms with Gasteiger partial charge in [0.2, 0.25) is 10.0 Å². The highest BCUT2D eigenvalue weighted by molar-refractivity contribution is 7.89. The van der Waals surface area contributed by atoms with Gasteiger partial charge in [0.1, 0.15) is 5.75 Å². The lowest BCUT2D eigenvalue weighted by Crippen LogP contribution is -2.48. The molecule has 3 aromatic rings. The summed E-state index contributed by atoms with van der Waals surface area (Å²) in [6.07, 6.45) is 0. The predicted molar refractivity (Wildman–Crippen MR) is 121 cm³/mol. The lowest BCUT2D eigenvalue weighted by Gasteiger charge is -2.36. The summed E-state index contributed by atoms with van der Waals surface area (Å²) in [5.41, 5.74) is 2.94. The average Bonchev–Trinajstić information content (AvgIpc) is 2.80. The Morgan fingerprint density at radius 2 is 1.47 bits per heavy atom. The standard InChI is InChI=1S/C23H23ClN2O3S/c1-29-23-12-9-20(24)17-22(23)25-13-15-26(16-14-25)30(27,28)21-10-7-19(8-11-21)18-5-3-2-4-6-18/h2-12,17H,13-16H2,1H3. The van der Waals surface area contributed by atoms with Gasteiger partial charge in [-0.15, -0.1) is 0 Å². The molecule has 0 unspecified atom stereocenters. The largest absolute Gasteiger partial charge is 0.495 e. The minimum Gasteiger partial charge on any atom is -0.495 e. The first-order valence-corrected chi connectivity index (χ1v) is 11.5. The summed E-state index contributed by atoms with van der Waals surface area (Å²) >= 11 is 6.14. The van der Waals surface area contributed by atoms with Crippen molar-refractivity contribution in [2.45, 2.75) is 4.90 Å². The number of methoxy groups -OCH3 is 1. The fourth-order valence-corrected chi connectivity index (χ4v) is 5.27. The van der Waals surface area contributed by atoms with E-state index >= 15 is 0 Å². The molecule has 30 heavy (non-hydrogen) atoms. The van der Waals surface area contributed by atoms with E-state index in [1.807, 2.05) is 54.6 Å². The Bertz CT molecular complexity index is 1110. The van der Waals surface area contributed by atoms with Gasteiger partial charge in [-0.3, -0.25) is 0 Å². The van der Waals surface area contributed by atoms with Gasteiger partial charge < -0.3 is 9.64 Å². The fourth-order valence-electron chi connectivity index (χ4n) is 3.68. The zero-order valence-electron chi connectivity index (χ0n) is 16.7. The molecule has 0 atom stereocenters. The highest BCUT2D eigenvalue weighted by atomic mass is 35.5. The van der Waals surface area contributed by atoms with Crippen LogP contribution in [0.4, 0.5) is 5.69 Å². The highest BCUT2D eigenvalue weighted by Gasteiger charge is 2.29. The molecule has 0 aliphatic carbocycles. The summed E-state index contributed by atoms with van der Waals surface area (Å²) in [5.74, 6) is 0.729. The Kier molecular flexibility index (Phi) is 5.99. The van der Waals surface area contributed by atoms with Crippen LogP contribution < -0.4 is 9.64 Å². The molecule has 0 amide bonds. The quantitative estimate of drug-likeness (QED) is 0.582. The lowest BCUT2D eigenvalue weighted by molar-refractivity contribution is 0.378. The van der Waals surface area contributed by atoms with Crippen molar-refractivity contribution in [3.8, 4) is 16.9 Å². The summed E-state index contributed by atoms with van der Waals surface area (Å²) in [4.78, 5) is 2.42. The molecule has 0 spiro atoms. The Hall–Kier alpha value is -2.54. The maximum atomic E-state index is 13.1. The van der Waals surface area contributed by atoms with Gasteiger partial charge in [-0.1, -0.05) is 54.1 Å². The molecule has 1 aliphatic rings. The number of halogens is 1. The molecule has 1 fully saturated rings. The zero-order chi connectivity index (χ0) is 21.1. The van der Waals surface area contributed by atoms with E-state index in [4.69, 9.17) is 16.3 Å². The zero-order valence-corrected chi connectivity index (χ0v) is 18.2. The Balaban J connectivity index is 1.48. The van der Waals surface area contributed by atoms with Gasteiger partial charge in [0.25, 0.3) is 0 Å². The molecule has 0 N–H and O–H groups in total. The first kappa shape index (κ1) is 20.7. The summed E-state index contributed by atoms with van der Waals surface area (Å²) in [7, 11) is -1.92. The lowest BCUT2D eigenvalue weighted by atomic mass is 10.1. The molecular weight excluding hydrogens is 420 g/mol. The number of hydrogen-bond donors (Lipinski definition) is 0. The van der Waals surface area contributed by atoms with E-state index in [0.717, 1.165) is 22.6 Å². The Morgan fingerprint density at radius 3 is 2.10 bits per heavy atom. The van der Waals surface area contributed by atoms with Gasteiger partial charge in [-0.2, -0.15) is 4.31 Å². The first-order chi connectivity index (χ1) is 14.5. The Labute approximate surface area is 182 Å². The van der Waals surface area contributed by atoms with Crippen LogP contribution in [0.3, 0.4) is 0 Å². The Morgan fingerprint density at radius 1 is 0.833 bits per heavy atom. The predicted octanol–water partition coefficient (Wildman–Crippen LogP) is 4.53. The summed E-state index contributed by atoms with van der Waals surface area (Å²) in [6.45, 7) is 1.94. The van der Waals surface area contributed by atoms with Gasteiger partial charge >= 0.3 is 0 Å². The third-order valence-corrected chi connectivity index (χ3v) is 7.47. The van der Waals surface area contributed by atoms with Gasteiger partial charge in [0.15, 0.2) is 0 Å². The number of piperazine rings is 1. The molecular formula is C23H23ClN2O3S. The van der Waals surface area contributed by atoms with Gasteiger partial charge in [0, 0.05) is 31.2 Å². The molecule has 1 saturated heterocycles. The normalized spacial score (nSPS) is 15.2. The van der Waals surface area contributed by atoms with Crippen LogP contribution in [0.1, 0.15) is 0 Å². The third kappa shape index (κ3) is 4.17. The van der Waals surface area contributed by atoms with E-state index in [1.54, 1.807) is 25.3 Å². The van der Waals surface area contributed by atoms with Gasteiger partial charge in [0.05, 0.1) is 17.7 Å². The number of nitrogens with zero attached hydrogens (tertiary/aromatic N) is 2. The maximum absolute atomic E-state index is 13.1. The van der Waals surface area contributed by atoms with E-state index in [0.29, 0.717) is 36.1 Å². The monoisotopic (exact) mass is 442 g/mol.